The van der Waals surface area contributed by atoms with Crippen molar-refractivity contribution < 1.29 is 28.6 Å². The molecule has 0 bridgehead atoms. The smallest absolute Gasteiger partial charge is 0.410 e. The van der Waals surface area contributed by atoms with E-state index >= 15 is 0 Å². The normalized spacial score (nSPS) is 17.2. The fraction of sp³-hybridized carbons (Fsp3) is 0.667. The molecule has 1 aliphatic rings. The van der Waals surface area contributed by atoms with Gasteiger partial charge in [0.2, 0.25) is 0 Å². The Morgan fingerprint density at radius 1 is 1.00 bits per heavy atom. The lowest BCUT2D eigenvalue weighted by Gasteiger charge is -2.28. The van der Waals surface area contributed by atoms with Gasteiger partial charge < -0.3 is 34.2 Å². The summed E-state index contributed by atoms with van der Waals surface area (Å²) in [6.07, 6.45) is -0.661. The Morgan fingerprint density at radius 3 is 2.11 bits per heavy atom. The molecule has 10 nitrogen and oxygen atoms in total. The highest BCUT2D eigenvalue weighted by Gasteiger charge is 2.41. The third kappa shape index (κ3) is 13.9. The molecule has 0 spiro atoms. The maximum Gasteiger partial charge on any atom is 0.410 e. The molecule has 0 aromatic heterocycles. The van der Waals surface area contributed by atoms with Crippen LogP contribution in [0.15, 0.2) is 30.3 Å². The van der Waals surface area contributed by atoms with Crippen LogP contribution in [0.3, 0.4) is 0 Å². The van der Waals surface area contributed by atoms with E-state index in [0.29, 0.717) is 13.0 Å². The second-order valence-electron chi connectivity index (χ2n) is 10.5. The van der Waals surface area contributed by atoms with Crippen LogP contribution in [0, 0.1) is 0 Å². The van der Waals surface area contributed by atoms with E-state index in [0.717, 1.165) is 18.7 Å². The molecule has 2 amide bonds. The SMILES string of the molecule is CCOC(=O)C[C@H]1[C@H](NC(=O)OC(C)(C)C)CCN1C(=O)OCc1ccccc1.CN(C)CCN(C)C. The van der Waals surface area contributed by atoms with Crippen molar-refractivity contribution >= 4 is 18.2 Å². The molecule has 10 heteroatoms. The number of carbonyl (C=O) groups is 3. The van der Waals surface area contributed by atoms with E-state index in [1.54, 1.807) is 27.7 Å². The number of benzene rings is 1. The van der Waals surface area contributed by atoms with Gasteiger partial charge in [-0.25, -0.2) is 9.59 Å². The zero-order chi connectivity index (χ0) is 28.0. The molecule has 1 N–H and O–H groups in total. The van der Waals surface area contributed by atoms with Gasteiger partial charge in [0, 0.05) is 19.6 Å². The van der Waals surface area contributed by atoms with Crippen LogP contribution in [0.4, 0.5) is 9.59 Å². The van der Waals surface area contributed by atoms with Gasteiger partial charge in [0.15, 0.2) is 0 Å². The zero-order valence-electron chi connectivity index (χ0n) is 23.8. The van der Waals surface area contributed by atoms with Gasteiger partial charge in [-0.1, -0.05) is 30.3 Å². The quantitative estimate of drug-likeness (QED) is 0.389. The van der Waals surface area contributed by atoms with Crippen LogP contribution in [0.25, 0.3) is 0 Å². The molecule has 1 fully saturated rings. The van der Waals surface area contributed by atoms with Gasteiger partial charge in [0.1, 0.15) is 12.2 Å². The molecule has 1 aromatic carbocycles. The Labute approximate surface area is 222 Å². The van der Waals surface area contributed by atoms with Gasteiger partial charge in [-0.3, -0.25) is 4.79 Å². The summed E-state index contributed by atoms with van der Waals surface area (Å²) < 4.78 is 15.7. The third-order valence-electron chi connectivity index (χ3n) is 5.36. The number of likely N-dealkylation sites (tertiary alicyclic amines) is 1. The molecular formula is C27H46N4O6. The number of hydrogen-bond acceptors (Lipinski definition) is 8. The Hall–Kier alpha value is -2.85. The molecule has 0 aliphatic carbocycles. The van der Waals surface area contributed by atoms with Crippen molar-refractivity contribution in [2.45, 2.75) is 64.8 Å². The number of esters is 1. The van der Waals surface area contributed by atoms with E-state index in [9.17, 15) is 14.4 Å². The average Bonchev–Trinajstić information content (AvgIpc) is 3.17. The second-order valence-corrected chi connectivity index (χ2v) is 10.5. The minimum atomic E-state index is -0.645. The van der Waals surface area contributed by atoms with Gasteiger partial charge >= 0.3 is 18.2 Å². The highest BCUT2D eigenvalue weighted by Crippen LogP contribution is 2.23. The van der Waals surface area contributed by atoms with Crippen molar-refractivity contribution in [2.75, 3.05) is 54.4 Å². The fourth-order valence-electron chi connectivity index (χ4n) is 3.55. The van der Waals surface area contributed by atoms with E-state index in [1.807, 2.05) is 30.3 Å². The van der Waals surface area contributed by atoms with Crippen molar-refractivity contribution in [3.05, 3.63) is 35.9 Å². The summed E-state index contributed by atoms with van der Waals surface area (Å²) in [4.78, 5) is 42.7. The molecule has 0 radical (unpaired) electrons. The van der Waals surface area contributed by atoms with Crippen molar-refractivity contribution in [2.24, 2.45) is 0 Å². The summed E-state index contributed by atoms with van der Waals surface area (Å²) in [5, 5.41) is 2.77. The van der Waals surface area contributed by atoms with Crippen LogP contribution in [-0.2, 0) is 25.6 Å². The standard InChI is InChI=1S/C21H30N2O6.C6H16N2/c1-5-27-18(24)13-17-16(22-19(25)29-21(2,3)4)11-12-23(17)20(26)28-14-15-9-7-6-8-10-15;1-7(2)5-6-8(3)4/h6-10,16-17H,5,11-14H2,1-4H3,(H,22,25);5-6H2,1-4H3/t16-,17+;/m1./s1. The second kappa shape index (κ2) is 16.1. The predicted octanol–water partition coefficient (Wildman–Crippen LogP) is 3.35. The van der Waals surface area contributed by atoms with E-state index in [-0.39, 0.29) is 19.6 Å². The van der Waals surface area contributed by atoms with Gasteiger partial charge in [-0.15, -0.1) is 0 Å². The first kappa shape index (κ1) is 32.2. The Balaban J connectivity index is 0.000000738. The van der Waals surface area contributed by atoms with Crippen LogP contribution in [0.2, 0.25) is 0 Å². The van der Waals surface area contributed by atoms with Crippen LogP contribution < -0.4 is 5.32 Å². The highest BCUT2D eigenvalue weighted by molar-refractivity contribution is 5.74. The molecule has 37 heavy (non-hydrogen) atoms. The topological polar surface area (TPSA) is 101 Å². The monoisotopic (exact) mass is 522 g/mol. The molecular weight excluding hydrogens is 476 g/mol. The third-order valence-corrected chi connectivity index (χ3v) is 5.36. The molecule has 2 rings (SSSR count). The van der Waals surface area contributed by atoms with Gasteiger partial charge in [-0.2, -0.15) is 0 Å². The molecule has 210 valence electrons. The van der Waals surface area contributed by atoms with Crippen LogP contribution in [0.1, 0.15) is 46.1 Å². The first-order valence-corrected chi connectivity index (χ1v) is 12.7. The summed E-state index contributed by atoms with van der Waals surface area (Å²) in [5.74, 6) is -0.434. The van der Waals surface area contributed by atoms with E-state index < -0.39 is 35.8 Å². The number of hydrogen-bond donors (Lipinski definition) is 1. The number of alkyl carbamates (subject to hydrolysis) is 1. The largest absolute Gasteiger partial charge is 0.466 e. The lowest BCUT2D eigenvalue weighted by Crippen LogP contribution is -2.49. The summed E-state index contributed by atoms with van der Waals surface area (Å²) in [7, 11) is 8.35. The number of nitrogens with zero attached hydrogens (tertiary/aromatic N) is 3. The number of amides is 2. The van der Waals surface area contributed by atoms with Crippen molar-refractivity contribution in [1.29, 1.82) is 0 Å². The van der Waals surface area contributed by atoms with E-state index in [4.69, 9.17) is 14.2 Å². The Morgan fingerprint density at radius 2 is 1.59 bits per heavy atom. The molecule has 1 heterocycles. The predicted molar refractivity (Wildman–Crippen MR) is 143 cm³/mol. The maximum atomic E-state index is 12.6. The van der Waals surface area contributed by atoms with Crippen molar-refractivity contribution in [3.8, 4) is 0 Å². The number of carbonyl (C=O) groups excluding carboxylic acids is 3. The van der Waals surface area contributed by atoms with Crippen molar-refractivity contribution in [1.82, 2.24) is 20.0 Å². The number of nitrogens with one attached hydrogen (secondary N) is 1. The summed E-state index contributed by atoms with van der Waals surface area (Å²) in [5.41, 5.74) is 0.221. The summed E-state index contributed by atoms with van der Waals surface area (Å²) in [6, 6.07) is 8.34. The molecule has 1 aromatic rings. The Bertz CT molecular complexity index is 818. The lowest BCUT2D eigenvalue weighted by molar-refractivity contribution is -0.144. The molecule has 2 atom stereocenters. The molecule has 1 aliphatic heterocycles. The first-order chi connectivity index (χ1) is 17.3. The summed E-state index contributed by atoms with van der Waals surface area (Å²) in [6.45, 7) is 10.0. The average molecular weight is 523 g/mol. The first-order valence-electron chi connectivity index (χ1n) is 12.7. The minimum Gasteiger partial charge on any atom is -0.466 e. The fourth-order valence-corrected chi connectivity index (χ4v) is 3.55. The molecule has 0 unspecified atom stereocenters. The maximum absolute atomic E-state index is 12.6. The van der Waals surface area contributed by atoms with Gasteiger partial charge in [0.25, 0.3) is 0 Å². The van der Waals surface area contributed by atoms with Gasteiger partial charge in [0.05, 0.1) is 25.1 Å². The van der Waals surface area contributed by atoms with E-state index in [2.05, 4.69) is 43.3 Å². The van der Waals surface area contributed by atoms with Crippen LogP contribution in [0.5, 0.6) is 0 Å². The molecule has 1 saturated heterocycles. The zero-order valence-corrected chi connectivity index (χ0v) is 23.8. The summed E-state index contributed by atoms with van der Waals surface area (Å²) >= 11 is 0. The van der Waals surface area contributed by atoms with E-state index in [1.165, 1.54) is 4.90 Å². The van der Waals surface area contributed by atoms with Gasteiger partial charge in [-0.05, 0) is 67.9 Å². The van der Waals surface area contributed by atoms with Crippen LogP contribution >= 0.6 is 0 Å². The number of likely N-dealkylation sites (N-methyl/N-ethyl adjacent to an activating group) is 2. The van der Waals surface area contributed by atoms with Crippen molar-refractivity contribution in [3.63, 3.8) is 0 Å². The lowest BCUT2D eigenvalue weighted by atomic mass is 10.1. The number of rotatable bonds is 9. The number of ether oxygens (including phenoxy) is 3. The van der Waals surface area contributed by atoms with Crippen LogP contribution in [-0.4, -0.2) is 105 Å². The minimum absolute atomic E-state index is 0.0330. The Kier molecular flexibility index (Phi) is 14.0. The highest BCUT2D eigenvalue weighted by atomic mass is 16.6. The molecule has 0 saturated carbocycles.